The summed E-state index contributed by atoms with van der Waals surface area (Å²) in [4.78, 5) is 24.5. The third kappa shape index (κ3) is 8.50. The highest BCUT2D eigenvalue weighted by Crippen LogP contribution is 2.16. The van der Waals surface area contributed by atoms with Crippen LogP contribution in [0.4, 0.5) is 11.4 Å². The van der Waals surface area contributed by atoms with E-state index in [4.69, 9.17) is 9.47 Å². The summed E-state index contributed by atoms with van der Waals surface area (Å²) in [5.41, 5.74) is 1.90. The van der Waals surface area contributed by atoms with Crippen molar-refractivity contribution in [2.45, 2.75) is 19.8 Å². The van der Waals surface area contributed by atoms with Crippen LogP contribution in [0.15, 0.2) is 78.9 Å². The van der Waals surface area contributed by atoms with E-state index in [0.29, 0.717) is 31.0 Å². The zero-order valence-electron chi connectivity index (χ0n) is 19.4. The van der Waals surface area contributed by atoms with E-state index in [9.17, 15) is 9.59 Å². The first kappa shape index (κ1) is 24.6. The number of anilines is 2. The second-order valence-electron chi connectivity index (χ2n) is 7.63. The highest BCUT2D eigenvalue weighted by molar-refractivity contribution is 5.98. The minimum absolute atomic E-state index is 0.0953. The summed E-state index contributed by atoms with van der Waals surface area (Å²) < 4.78 is 11.3. The van der Waals surface area contributed by atoms with Gasteiger partial charge in [-0.25, -0.2) is 0 Å². The van der Waals surface area contributed by atoms with Gasteiger partial charge in [0.1, 0.15) is 24.7 Å². The first-order valence-electron chi connectivity index (χ1n) is 11.5. The number of unbranched alkanes of at least 4 members (excludes halogenated alkanes) is 1. The largest absolute Gasteiger partial charge is 0.490 e. The van der Waals surface area contributed by atoms with Crippen LogP contribution in [0.25, 0.3) is 0 Å². The second kappa shape index (κ2) is 13.5. The second-order valence-corrected chi connectivity index (χ2v) is 7.63. The average Bonchev–Trinajstić information content (AvgIpc) is 2.87. The molecule has 0 aliphatic carbocycles. The maximum atomic E-state index is 12.3. The van der Waals surface area contributed by atoms with Gasteiger partial charge >= 0.3 is 0 Å². The van der Waals surface area contributed by atoms with Crippen molar-refractivity contribution >= 4 is 23.2 Å². The van der Waals surface area contributed by atoms with Crippen LogP contribution >= 0.6 is 0 Å². The lowest BCUT2D eigenvalue weighted by atomic mass is 10.2. The van der Waals surface area contributed by atoms with Gasteiger partial charge in [-0.2, -0.15) is 0 Å². The summed E-state index contributed by atoms with van der Waals surface area (Å²) in [5, 5.41) is 8.77. The van der Waals surface area contributed by atoms with Gasteiger partial charge in [-0.3, -0.25) is 9.59 Å². The van der Waals surface area contributed by atoms with Gasteiger partial charge in [-0.15, -0.1) is 0 Å². The molecule has 2 amide bonds. The Kier molecular flexibility index (Phi) is 9.80. The topological polar surface area (TPSA) is 88.7 Å². The number of amides is 2. The minimum Gasteiger partial charge on any atom is -0.490 e. The van der Waals surface area contributed by atoms with E-state index in [1.54, 1.807) is 24.3 Å². The molecule has 0 saturated heterocycles. The normalized spacial score (nSPS) is 10.3. The summed E-state index contributed by atoms with van der Waals surface area (Å²) in [5.74, 6) is 1.19. The fourth-order valence-electron chi connectivity index (χ4n) is 3.11. The maximum Gasteiger partial charge on any atom is 0.251 e. The molecule has 3 aromatic carbocycles. The molecule has 0 atom stereocenters. The number of para-hydroxylation sites is 1. The molecule has 0 spiro atoms. The molecular formula is C27H31N3O4. The summed E-state index contributed by atoms with van der Waals surface area (Å²) in [6.45, 7) is 3.69. The molecule has 178 valence electrons. The smallest absolute Gasteiger partial charge is 0.251 e. The zero-order chi connectivity index (χ0) is 24.0. The number of rotatable bonds is 13. The molecule has 0 unspecified atom stereocenters. The molecule has 34 heavy (non-hydrogen) atoms. The Morgan fingerprint density at radius 1 is 0.794 bits per heavy atom. The predicted octanol–water partition coefficient (Wildman–Crippen LogP) is 4.72. The number of carbonyl (C=O) groups is 2. The zero-order valence-corrected chi connectivity index (χ0v) is 19.4. The van der Waals surface area contributed by atoms with Crippen molar-refractivity contribution in [1.29, 1.82) is 0 Å². The van der Waals surface area contributed by atoms with Gasteiger partial charge < -0.3 is 25.4 Å². The highest BCUT2D eigenvalue weighted by Gasteiger charge is 2.08. The molecule has 3 N–H and O–H groups in total. The van der Waals surface area contributed by atoms with E-state index in [1.165, 1.54) is 0 Å². The van der Waals surface area contributed by atoms with Crippen LogP contribution in [0, 0.1) is 0 Å². The van der Waals surface area contributed by atoms with E-state index in [2.05, 4.69) is 22.9 Å². The van der Waals surface area contributed by atoms with Gasteiger partial charge in [-0.1, -0.05) is 37.6 Å². The van der Waals surface area contributed by atoms with Gasteiger partial charge in [0.25, 0.3) is 5.91 Å². The molecule has 3 rings (SSSR count). The average molecular weight is 462 g/mol. The summed E-state index contributed by atoms with van der Waals surface area (Å²) in [6.07, 6.45) is 1.95. The van der Waals surface area contributed by atoms with Crippen LogP contribution in [0.5, 0.6) is 11.5 Å². The van der Waals surface area contributed by atoms with Crippen molar-refractivity contribution in [2.75, 3.05) is 36.9 Å². The van der Waals surface area contributed by atoms with Gasteiger partial charge in [0.05, 0.1) is 6.54 Å². The van der Waals surface area contributed by atoms with Gasteiger partial charge in [0.15, 0.2) is 0 Å². The molecule has 7 heteroatoms. The van der Waals surface area contributed by atoms with Crippen molar-refractivity contribution in [3.63, 3.8) is 0 Å². The highest BCUT2D eigenvalue weighted by atomic mass is 16.5. The van der Waals surface area contributed by atoms with Crippen LogP contribution in [0.1, 0.15) is 30.1 Å². The number of hydrogen-bond donors (Lipinski definition) is 3. The quantitative estimate of drug-likeness (QED) is 0.321. The maximum absolute atomic E-state index is 12.3. The Morgan fingerprint density at radius 2 is 1.50 bits per heavy atom. The first-order valence-corrected chi connectivity index (χ1v) is 11.5. The Morgan fingerprint density at radius 3 is 2.21 bits per heavy atom. The van der Waals surface area contributed by atoms with Gasteiger partial charge in [0.2, 0.25) is 5.91 Å². The van der Waals surface area contributed by atoms with Crippen molar-refractivity contribution in [3.8, 4) is 11.5 Å². The lowest BCUT2D eigenvalue weighted by Gasteiger charge is -2.11. The summed E-state index contributed by atoms with van der Waals surface area (Å²) >= 11 is 0. The predicted molar refractivity (Wildman–Crippen MR) is 135 cm³/mol. The number of benzene rings is 3. The molecule has 0 fully saturated rings. The van der Waals surface area contributed by atoms with Crippen LogP contribution in [0.3, 0.4) is 0 Å². The van der Waals surface area contributed by atoms with Crippen molar-refractivity contribution in [1.82, 2.24) is 5.32 Å². The van der Waals surface area contributed by atoms with Crippen LogP contribution < -0.4 is 25.4 Å². The third-order valence-corrected chi connectivity index (χ3v) is 4.90. The molecule has 3 aromatic rings. The van der Waals surface area contributed by atoms with E-state index in [0.717, 1.165) is 30.0 Å². The Hall–Kier alpha value is -4.00. The van der Waals surface area contributed by atoms with E-state index >= 15 is 0 Å². The Balaban J connectivity index is 1.38. The Labute approximate surface area is 200 Å². The Bertz CT molecular complexity index is 1040. The standard InChI is InChI=1S/C27H31N3O4/c1-2-3-16-28-27(32)21-8-7-9-23(19-21)30-26(31)20-29-22-12-14-25(15-13-22)34-18-17-33-24-10-5-4-6-11-24/h4-15,19,29H,2-3,16-18,20H2,1H3,(H,28,32)(H,30,31). The molecule has 0 aliphatic rings. The molecule has 7 nitrogen and oxygen atoms in total. The van der Waals surface area contributed by atoms with E-state index < -0.39 is 0 Å². The fourth-order valence-corrected chi connectivity index (χ4v) is 3.11. The van der Waals surface area contributed by atoms with Crippen LogP contribution in [-0.2, 0) is 4.79 Å². The SMILES string of the molecule is CCCCNC(=O)c1cccc(NC(=O)CNc2ccc(OCCOc3ccccc3)cc2)c1. The van der Waals surface area contributed by atoms with Crippen molar-refractivity contribution in [2.24, 2.45) is 0 Å². The number of ether oxygens (including phenoxy) is 2. The molecule has 0 saturated carbocycles. The molecule has 0 heterocycles. The first-order chi connectivity index (χ1) is 16.6. The molecule has 0 radical (unpaired) electrons. The number of nitrogens with one attached hydrogen (secondary N) is 3. The summed E-state index contributed by atoms with van der Waals surface area (Å²) in [7, 11) is 0. The van der Waals surface area contributed by atoms with Gasteiger partial charge in [0, 0.05) is 23.5 Å². The van der Waals surface area contributed by atoms with Crippen LogP contribution in [-0.4, -0.2) is 38.1 Å². The van der Waals surface area contributed by atoms with Gasteiger partial charge in [-0.05, 0) is 61.0 Å². The van der Waals surface area contributed by atoms with Crippen molar-refractivity contribution in [3.05, 3.63) is 84.4 Å². The molecule has 0 aromatic heterocycles. The monoisotopic (exact) mass is 461 g/mol. The molecule has 0 bridgehead atoms. The third-order valence-electron chi connectivity index (χ3n) is 4.90. The molecule has 0 aliphatic heterocycles. The fraction of sp³-hybridized carbons (Fsp3) is 0.259. The number of hydrogen-bond acceptors (Lipinski definition) is 5. The minimum atomic E-state index is -0.207. The lowest BCUT2D eigenvalue weighted by molar-refractivity contribution is -0.114. The summed E-state index contributed by atoms with van der Waals surface area (Å²) in [6, 6.07) is 23.9. The van der Waals surface area contributed by atoms with Crippen molar-refractivity contribution < 1.29 is 19.1 Å². The van der Waals surface area contributed by atoms with E-state index in [-0.39, 0.29) is 18.4 Å². The van der Waals surface area contributed by atoms with E-state index in [1.807, 2.05) is 54.6 Å². The number of carbonyl (C=O) groups excluding carboxylic acids is 2. The van der Waals surface area contributed by atoms with Crippen LogP contribution in [0.2, 0.25) is 0 Å². The molecular weight excluding hydrogens is 430 g/mol. The lowest BCUT2D eigenvalue weighted by Crippen LogP contribution is -2.25.